The highest BCUT2D eigenvalue weighted by Crippen LogP contribution is 2.22. The lowest BCUT2D eigenvalue weighted by Gasteiger charge is -2.36. The van der Waals surface area contributed by atoms with Crippen LogP contribution in [0.3, 0.4) is 0 Å². The molecular weight excluding hydrogens is 574 g/mol. The number of hydrogen-bond acceptors (Lipinski definition) is 7. The van der Waals surface area contributed by atoms with Gasteiger partial charge in [-0.3, -0.25) is 24.0 Å². The van der Waals surface area contributed by atoms with Crippen LogP contribution in [0, 0.1) is 0 Å². The Morgan fingerprint density at radius 3 is 2.29 bits per heavy atom. The second kappa shape index (κ2) is 19.9. The van der Waals surface area contributed by atoms with E-state index in [9.17, 15) is 28.8 Å². The van der Waals surface area contributed by atoms with E-state index in [1.807, 2.05) is 12.9 Å². The third kappa shape index (κ3) is 11.3. The largest absolute Gasteiger partial charge is 0.360 e. The molecule has 0 spiro atoms. The summed E-state index contributed by atoms with van der Waals surface area (Å²) in [6.45, 7) is 8.29. The average molecular weight is 624 g/mol. The molecule has 0 radical (unpaired) electrons. The fraction of sp³-hybridized carbons (Fsp3) is 0.559. The summed E-state index contributed by atoms with van der Waals surface area (Å²) in [4.78, 5) is 78.2. The molecule has 2 saturated heterocycles. The first kappa shape index (κ1) is 36.9. The van der Waals surface area contributed by atoms with Crippen molar-refractivity contribution in [2.45, 2.75) is 104 Å². The van der Waals surface area contributed by atoms with Gasteiger partial charge in [-0.05, 0) is 31.7 Å². The van der Waals surface area contributed by atoms with Gasteiger partial charge in [0.05, 0.1) is 13.1 Å². The Balaban J connectivity index is 0.000000458. The van der Waals surface area contributed by atoms with E-state index in [1.54, 1.807) is 29.2 Å². The number of nitrogens with one attached hydrogen (secondary N) is 4. The van der Waals surface area contributed by atoms with Crippen LogP contribution in [-0.4, -0.2) is 76.8 Å². The Kier molecular flexibility index (Phi) is 16.4. The van der Waals surface area contributed by atoms with Crippen LogP contribution in [0.15, 0.2) is 36.2 Å². The molecule has 11 heteroatoms. The highest BCUT2D eigenvalue weighted by Gasteiger charge is 2.35. The summed E-state index contributed by atoms with van der Waals surface area (Å²) in [5.41, 5.74) is 1.09. The van der Waals surface area contributed by atoms with Gasteiger partial charge < -0.3 is 25.8 Å². The number of para-hydroxylation sites is 1. The number of rotatable bonds is 8. The van der Waals surface area contributed by atoms with Crippen molar-refractivity contribution in [2.75, 3.05) is 19.6 Å². The van der Waals surface area contributed by atoms with Gasteiger partial charge in [-0.1, -0.05) is 71.6 Å². The number of amides is 3. The molecule has 2 aromatic rings. The normalized spacial score (nSPS) is 18.6. The number of H-pyrrole nitrogens is 1. The molecule has 3 heterocycles. The first-order chi connectivity index (χ1) is 21.7. The number of carbonyl (C=O) groups is 5. The van der Waals surface area contributed by atoms with Gasteiger partial charge in [0.15, 0.2) is 11.8 Å². The number of Topliss-reactive ketones (excluding diaryl/α,β-unsaturated/α-hetero) is 2. The van der Waals surface area contributed by atoms with E-state index in [4.69, 9.17) is 0 Å². The van der Waals surface area contributed by atoms with Gasteiger partial charge in [-0.2, -0.15) is 0 Å². The molecule has 0 bridgehead atoms. The van der Waals surface area contributed by atoms with Crippen molar-refractivity contribution >= 4 is 46.1 Å². The molecule has 3 amide bonds. The zero-order chi connectivity index (χ0) is 33.2. The van der Waals surface area contributed by atoms with Gasteiger partial charge in [0.1, 0.15) is 23.5 Å². The van der Waals surface area contributed by atoms with Crippen LogP contribution in [0.4, 0.5) is 0 Å². The second-order valence-corrected chi connectivity index (χ2v) is 11.2. The summed E-state index contributed by atoms with van der Waals surface area (Å²) in [6.07, 6.45) is 11.2. The number of aromatic amines is 1. The number of hydrogen-bond donors (Lipinski definition) is 4. The molecule has 45 heavy (non-hydrogen) atoms. The van der Waals surface area contributed by atoms with Gasteiger partial charge in [0, 0.05) is 42.0 Å². The van der Waals surface area contributed by atoms with E-state index in [-0.39, 0.29) is 23.7 Å². The standard InChI is InChI=1S/C22H23N5O5.C8H16O.C4H10/c28-12-13-9-24-22(32)19(20(30)15-10-23-16-6-2-1-5-14(15)16)26-18(29)11-25-21(31)17-7-3-4-8-27(13)17;1-3-5-6-7-8(9)4-2;1-3-4-2/h1-2,5-6,10,17,19,23H,3-4,7-9,11H2,(H,24,32)(H,25,31)(H,26,29);3-7H2,1-2H3;3-4H2,1-2H3. The van der Waals surface area contributed by atoms with Gasteiger partial charge >= 0.3 is 0 Å². The van der Waals surface area contributed by atoms with Crippen molar-refractivity contribution in [3.63, 3.8) is 0 Å². The Morgan fingerprint density at radius 1 is 0.911 bits per heavy atom. The minimum absolute atomic E-state index is 0.128. The van der Waals surface area contributed by atoms with Gasteiger partial charge in [-0.15, -0.1) is 0 Å². The Labute approximate surface area is 265 Å². The highest BCUT2D eigenvalue weighted by atomic mass is 16.2. The second-order valence-electron chi connectivity index (χ2n) is 11.2. The summed E-state index contributed by atoms with van der Waals surface area (Å²) in [5.74, 6) is -0.184. The smallest absolute Gasteiger partial charge is 0.251 e. The zero-order valence-corrected chi connectivity index (χ0v) is 27.1. The number of piperidine rings is 1. The molecule has 1 aromatic heterocycles. The average Bonchev–Trinajstić information content (AvgIpc) is 3.50. The molecule has 4 N–H and O–H groups in total. The number of fused-ring (bicyclic) bond motifs is 2. The summed E-state index contributed by atoms with van der Waals surface area (Å²) in [7, 11) is 0. The molecule has 2 atom stereocenters. The molecule has 1 aromatic carbocycles. The Hall–Kier alpha value is -4.24. The lowest BCUT2D eigenvalue weighted by molar-refractivity contribution is -0.131. The minimum Gasteiger partial charge on any atom is -0.360 e. The molecular formula is C34H49N5O6. The molecule has 2 unspecified atom stereocenters. The fourth-order valence-corrected chi connectivity index (χ4v) is 4.92. The number of benzene rings is 1. The van der Waals surface area contributed by atoms with Crippen molar-refractivity contribution < 1.29 is 28.8 Å². The minimum atomic E-state index is -1.52. The molecule has 4 rings (SSSR count). The molecule has 2 aliphatic rings. The van der Waals surface area contributed by atoms with Crippen molar-refractivity contribution in [3.05, 3.63) is 41.7 Å². The van der Waals surface area contributed by atoms with Gasteiger partial charge in [0.25, 0.3) is 5.91 Å². The predicted molar refractivity (Wildman–Crippen MR) is 174 cm³/mol. The topological polar surface area (TPSA) is 158 Å². The lowest BCUT2D eigenvalue weighted by atomic mass is 10.00. The monoisotopic (exact) mass is 623 g/mol. The van der Waals surface area contributed by atoms with Crippen LogP contribution >= 0.6 is 0 Å². The number of aromatic nitrogens is 1. The van der Waals surface area contributed by atoms with Crippen LogP contribution in [0.2, 0.25) is 0 Å². The Morgan fingerprint density at radius 2 is 1.62 bits per heavy atom. The van der Waals surface area contributed by atoms with Crippen molar-refractivity contribution in [3.8, 4) is 0 Å². The first-order valence-corrected chi connectivity index (χ1v) is 16.2. The van der Waals surface area contributed by atoms with Crippen molar-refractivity contribution in [1.29, 1.82) is 0 Å². The van der Waals surface area contributed by atoms with Crippen molar-refractivity contribution in [2.24, 2.45) is 0 Å². The third-order valence-electron chi connectivity index (χ3n) is 7.76. The molecule has 2 fully saturated rings. The SMILES string of the molecule is CCCC.CCCCCC(=O)CC.O=C=C1CNC(=O)C(C(=O)c2c[nH]c3ccccc23)NC(=O)CNC(=O)C2CCCCN12. The maximum absolute atomic E-state index is 13.2. The van der Waals surface area contributed by atoms with Crippen LogP contribution in [0.25, 0.3) is 10.9 Å². The number of nitrogens with zero attached hydrogens (tertiary/aromatic N) is 1. The van der Waals surface area contributed by atoms with Crippen LogP contribution in [0.5, 0.6) is 0 Å². The number of ketones is 2. The van der Waals surface area contributed by atoms with Gasteiger partial charge in [-0.25, -0.2) is 4.79 Å². The molecule has 246 valence electrons. The number of unbranched alkanes of at least 4 members (excludes halogenated alkanes) is 3. The summed E-state index contributed by atoms with van der Waals surface area (Å²) < 4.78 is 0. The Bertz CT molecular complexity index is 1340. The van der Waals surface area contributed by atoms with E-state index in [0.29, 0.717) is 36.1 Å². The number of carbonyl (C=O) groups excluding carboxylic acids is 6. The van der Waals surface area contributed by atoms with E-state index in [0.717, 1.165) is 25.7 Å². The van der Waals surface area contributed by atoms with Crippen LogP contribution in [0.1, 0.15) is 102 Å². The summed E-state index contributed by atoms with van der Waals surface area (Å²) >= 11 is 0. The molecule has 0 saturated carbocycles. The van der Waals surface area contributed by atoms with E-state index >= 15 is 0 Å². The lowest BCUT2D eigenvalue weighted by Crippen LogP contribution is -2.57. The fourth-order valence-electron chi connectivity index (χ4n) is 4.92. The highest BCUT2D eigenvalue weighted by molar-refractivity contribution is 6.20. The van der Waals surface area contributed by atoms with Crippen molar-refractivity contribution in [1.82, 2.24) is 25.8 Å². The molecule has 11 nitrogen and oxygen atoms in total. The molecule has 0 aliphatic carbocycles. The zero-order valence-electron chi connectivity index (χ0n) is 27.1. The van der Waals surface area contributed by atoms with E-state index in [1.165, 1.54) is 31.9 Å². The van der Waals surface area contributed by atoms with Crippen LogP contribution in [-0.2, 0) is 24.0 Å². The summed E-state index contributed by atoms with van der Waals surface area (Å²) in [5, 5.41) is 8.13. The van der Waals surface area contributed by atoms with E-state index in [2.05, 4.69) is 41.7 Å². The maximum Gasteiger partial charge on any atom is 0.251 e. The molecule has 2 aliphatic heterocycles. The quantitative estimate of drug-likeness (QED) is 0.150. The summed E-state index contributed by atoms with van der Waals surface area (Å²) in [6, 6.07) is 4.95. The first-order valence-electron chi connectivity index (χ1n) is 16.2. The van der Waals surface area contributed by atoms with Crippen LogP contribution < -0.4 is 16.0 Å². The maximum atomic E-state index is 13.2. The third-order valence-corrected chi connectivity index (χ3v) is 7.76. The van der Waals surface area contributed by atoms with Gasteiger partial charge in [0.2, 0.25) is 11.8 Å². The van der Waals surface area contributed by atoms with E-state index < -0.39 is 36.2 Å². The predicted octanol–water partition coefficient (Wildman–Crippen LogP) is 4.00.